The molecule has 0 saturated heterocycles. The average Bonchev–Trinajstić information content (AvgIpc) is 2.73. The second kappa shape index (κ2) is 4.87. The zero-order chi connectivity index (χ0) is 13.1. The van der Waals surface area contributed by atoms with Crippen molar-refractivity contribution in [3.8, 4) is 0 Å². The van der Waals surface area contributed by atoms with Crippen LogP contribution in [0.15, 0.2) is 28.8 Å². The molecule has 2 aromatic rings. The van der Waals surface area contributed by atoms with Crippen LogP contribution in [0.1, 0.15) is 21.8 Å². The quantitative estimate of drug-likeness (QED) is 0.871. The summed E-state index contributed by atoms with van der Waals surface area (Å²) in [4.78, 5) is 10.9. The van der Waals surface area contributed by atoms with Gasteiger partial charge in [0.25, 0.3) is 0 Å². The summed E-state index contributed by atoms with van der Waals surface area (Å²) in [6.45, 7) is 2.07. The maximum absolute atomic E-state index is 13.0. The van der Waals surface area contributed by atoms with Crippen molar-refractivity contribution in [1.82, 2.24) is 5.16 Å². The largest absolute Gasteiger partial charge is 0.478 e. The van der Waals surface area contributed by atoms with Crippen molar-refractivity contribution >= 4 is 11.7 Å². The fourth-order valence-corrected chi connectivity index (χ4v) is 1.53. The van der Waals surface area contributed by atoms with Crippen LogP contribution < -0.4 is 5.32 Å². The Kier molecular flexibility index (Phi) is 3.27. The summed E-state index contributed by atoms with van der Waals surface area (Å²) < 4.78 is 17.8. The van der Waals surface area contributed by atoms with Crippen molar-refractivity contribution in [2.45, 2.75) is 13.5 Å². The van der Waals surface area contributed by atoms with Crippen LogP contribution in [0.4, 0.5) is 10.1 Å². The number of hydrogen-bond acceptors (Lipinski definition) is 4. The molecule has 0 fully saturated rings. The number of carboxylic acids is 1. The Morgan fingerprint density at radius 2 is 2.28 bits per heavy atom. The van der Waals surface area contributed by atoms with E-state index in [2.05, 4.69) is 10.5 Å². The topological polar surface area (TPSA) is 75.4 Å². The number of anilines is 1. The monoisotopic (exact) mass is 250 g/mol. The van der Waals surface area contributed by atoms with Gasteiger partial charge in [0.2, 0.25) is 0 Å². The highest BCUT2D eigenvalue weighted by atomic mass is 19.1. The third kappa shape index (κ3) is 2.65. The highest BCUT2D eigenvalue weighted by Crippen LogP contribution is 2.18. The number of rotatable bonds is 4. The number of aromatic nitrogens is 1. The summed E-state index contributed by atoms with van der Waals surface area (Å²) in [5.74, 6) is -1.10. The summed E-state index contributed by atoms with van der Waals surface area (Å²) in [7, 11) is 0. The number of benzene rings is 1. The van der Waals surface area contributed by atoms with Gasteiger partial charge in [-0.2, -0.15) is 0 Å². The van der Waals surface area contributed by atoms with Crippen molar-refractivity contribution in [2.75, 3.05) is 5.32 Å². The predicted octanol–water partition coefficient (Wildman–Crippen LogP) is 2.43. The minimum absolute atomic E-state index is 0.116. The van der Waals surface area contributed by atoms with E-state index in [9.17, 15) is 9.18 Å². The molecule has 1 aromatic carbocycles. The highest BCUT2D eigenvalue weighted by molar-refractivity contribution is 5.94. The Bertz CT molecular complexity index is 580. The van der Waals surface area contributed by atoms with E-state index in [1.807, 2.05) is 0 Å². The summed E-state index contributed by atoms with van der Waals surface area (Å²) >= 11 is 0. The Hall–Kier alpha value is -2.37. The third-order valence-corrected chi connectivity index (χ3v) is 2.35. The van der Waals surface area contributed by atoms with E-state index in [0.29, 0.717) is 23.7 Å². The Morgan fingerprint density at radius 3 is 2.89 bits per heavy atom. The molecule has 1 aromatic heterocycles. The van der Waals surface area contributed by atoms with E-state index in [-0.39, 0.29) is 5.56 Å². The number of carboxylic acid groups (broad SMARTS) is 1. The molecule has 1 heterocycles. The lowest BCUT2D eigenvalue weighted by Gasteiger charge is -2.07. The summed E-state index contributed by atoms with van der Waals surface area (Å²) in [6.07, 6.45) is 0. The molecule has 6 heteroatoms. The van der Waals surface area contributed by atoms with Gasteiger partial charge >= 0.3 is 5.97 Å². The lowest BCUT2D eigenvalue weighted by molar-refractivity contribution is 0.0697. The molecule has 0 spiro atoms. The third-order valence-electron chi connectivity index (χ3n) is 2.35. The van der Waals surface area contributed by atoms with Crippen molar-refractivity contribution in [2.24, 2.45) is 0 Å². The molecule has 0 aliphatic carbocycles. The maximum Gasteiger partial charge on any atom is 0.337 e. The van der Waals surface area contributed by atoms with Crippen LogP contribution in [0.2, 0.25) is 0 Å². The number of carbonyl (C=O) groups is 1. The van der Waals surface area contributed by atoms with Gasteiger partial charge in [-0.3, -0.25) is 0 Å². The predicted molar refractivity (Wildman–Crippen MR) is 61.9 cm³/mol. The van der Waals surface area contributed by atoms with Crippen molar-refractivity contribution in [1.29, 1.82) is 0 Å². The van der Waals surface area contributed by atoms with Crippen LogP contribution in [0.25, 0.3) is 0 Å². The molecule has 5 nitrogen and oxygen atoms in total. The van der Waals surface area contributed by atoms with Crippen LogP contribution in [0.3, 0.4) is 0 Å². The summed E-state index contributed by atoms with van der Waals surface area (Å²) in [5.41, 5.74) is 0.868. The fourth-order valence-electron chi connectivity index (χ4n) is 1.53. The van der Waals surface area contributed by atoms with Gasteiger partial charge in [-0.15, -0.1) is 0 Å². The number of aryl methyl sites for hydroxylation is 1. The van der Waals surface area contributed by atoms with Crippen LogP contribution in [0.5, 0.6) is 0 Å². The van der Waals surface area contributed by atoms with E-state index in [4.69, 9.17) is 9.63 Å². The first kappa shape index (κ1) is 12.1. The van der Waals surface area contributed by atoms with E-state index >= 15 is 0 Å². The minimum atomic E-state index is -1.19. The number of nitrogens with zero attached hydrogens (tertiary/aromatic N) is 1. The van der Waals surface area contributed by atoms with Crippen molar-refractivity contribution < 1.29 is 18.8 Å². The molecule has 0 aliphatic rings. The van der Waals surface area contributed by atoms with Crippen molar-refractivity contribution in [3.05, 3.63) is 47.1 Å². The van der Waals surface area contributed by atoms with Gasteiger partial charge in [0.1, 0.15) is 17.3 Å². The smallest absolute Gasteiger partial charge is 0.337 e. The number of hydrogen-bond donors (Lipinski definition) is 2. The van der Waals surface area contributed by atoms with E-state index < -0.39 is 11.8 Å². The first-order chi connectivity index (χ1) is 8.56. The zero-order valence-corrected chi connectivity index (χ0v) is 9.61. The van der Waals surface area contributed by atoms with Crippen LogP contribution in [-0.2, 0) is 6.54 Å². The average molecular weight is 250 g/mol. The fraction of sp³-hybridized carbons (Fsp3) is 0.167. The summed E-state index contributed by atoms with van der Waals surface area (Å²) in [5, 5.41) is 15.6. The number of nitrogens with one attached hydrogen (secondary N) is 1. The maximum atomic E-state index is 13.0. The Morgan fingerprint density at radius 1 is 1.50 bits per heavy atom. The van der Waals surface area contributed by atoms with Gasteiger partial charge < -0.3 is 14.9 Å². The molecule has 18 heavy (non-hydrogen) atoms. The van der Waals surface area contributed by atoms with E-state index in [1.54, 1.807) is 13.0 Å². The van der Waals surface area contributed by atoms with Gasteiger partial charge in [0, 0.05) is 11.8 Å². The molecule has 0 saturated carbocycles. The molecule has 0 unspecified atom stereocenters. The highest BCUT2D eigenvalue weighted by Gasteiger charge is 2.11. The van der Waals surface area contributed by atoms with Crippen LogP contribution in [0, 0.1) is 12.7 Å². The molecule has 0 amide bonds. The first-order valence-electron chi connectivity index (χ1n) is 5.25. The Labute approximate surface area is 102 Å². The Balaban J connectivity index is 2.16. The van der Waals surface area contributed by atoms with Crippen molar-refractivity contribution in [3.63, 3.8) is 0 Å². The van der Waals surface area contributed by atoms with E-state index in [0.717, 1.165) is 6.07 Å². The molecule has 94 valence electrons. The summed E-state index contributed by atoms with van der Waals surface area (Å²) in [6, 6.07) is 5.28. The van der Waals surface area contributed by atoms with Gasteiger partial charge in [-0.05, 0) is 25.1 Å². The van der Waals surface area contributed by atoms with Gasteiger partial charge in [-0.1, -0.05) is 5.16 Å². The number of aromatic carboxylic acids is 1. The second-order valence-corrected chi connectivity index (χ2v) is 3.78. The van der Waals surface area contributed by atoms with Gasteiger partial charge in [0.15, 0.2) is 0 Å². The first-order valence-corrected chi connectivity index (χ1v) is 5.25. The molecule has 2 rings (SSSR count). The standard InChI is InChI=1S/C12H11FN2O3/c1-7-4-9(15-18-7)6-14-11-3-2-8(13)5-10(11)12(16)17/h2-5,14H,6H2,1H3,(H,16,17). The van der Waals surface area contributed by atoms with Crippen LogP contribution >= 0.6 is 0 Å². The molecular weight excluding hydrogens is 239 g/mol. The van der Waals surface area contributed by atoms with E-state index in [1.165, 1.54) is 12.1 Å². The minimum Gasteiger partial charge on any atom is -0.478 e. The molecule has 0 radical (unpaired) electrons. The number of halogens is 1. The molecule has 0 atom stereocenters. The normalized spacial score (nSPS) is 10.3. The van der Waals surface area contributed by atoms with Gasteiger partial charge in [0.05, 0.1) is 12.1 Å². The molecule has 0 aliphatic heterocycles. The van der Waals surface area contributed by atoms with Crippen LogP contribution in [-0.4, -0.2) is 16.2 Å². The SMILES string of the molecule is Cc1cc(CNc2ccc(F)cc2C(=O)O)no1. The van der Waals surface area contributed by atoms with Gasteiger partial charge in [-0.25, -0.2) is 9.18 Å². The lowest BCUT2D eigenvalue weighted by Crippen LogP contribution is -2.07. The molecular formula is C12H11FN2O3. The molecule has 2 N–H and O–H groups in total. The lowest BCUT2D eigenvalue weighted by atomic mass is 10.1. The molecule has 0 bridgehead atoms. The second-order valence-electron chi connectivity index (χ2n) is 3.78. The zero-order valence-electron chi connectivity index (χ0n) is 9.61.